The van der Waals surface area contributed by atoms with Crippen molar-refractivity contribution in [2.24, 2.45) is 0 Å². The highest BCUT2D eigenvalue weighted by Gasteiger charge is 2.20. The van der Waals surface area contributed by atoms with Crippen molar-refractivity contribution in [3.63, 3.8) is 0 Å². The summed E-state index contributed by atoms with van der Waals surface area (Å²) in [7, 11) is 0. The highest BCUT2D eigenvalue weighted by atomic mass is 19.1. The van der Waals surface area contributed by atoms with Gasteiger partial charge in [-0.25, -0.2) is 4.39 Å². The van der Waals surface area contributed by atoms with Crippen molar-refractivity contribution < 1.29 is 13.9 Å². The SMILES string of the molecule is CC(C)c1ccc2c(c1F)OCCO2. The Hall–Kier alpha value is -1.25. The van der Waals surface area contributed by atoms with Crippen molar-refractivity contribution >= 4 is 0 Å². The summed E-state index contributed by atoms with van der Waals surface area (Å²) >= 11 is 0. The predicted molar refractivity (Wildman–Crippen MR) is 51.5 cm³/mol. The maximum Gasteiger partial charge on any atom is 0.197 e. The number of fused-ring (bicyclic) bond motifs is 1. The first-order valence-corrected chi connectivity index (χ1v) is 4.78. The average Bonchev–Trinajstić information content (AvgIpc) is 2.18. The molecule has 0 atom stereocenters. The minimum atomic E-state index is -0.280. The van der Waals surface area contributed by atoms with Gasteiger partial charge in [0.2, 0.25) is 0 Å². The van der Waals surface area contributed by atoms with Gasteiger partial charge in [0.1, 0.15) is 13.2 Å². The van der Waals surface area contributed by atoms with Crippen LogP contribution in [-0.2, 0) is 0 Å². The maximum atomic E-state index is 13.8. The number of benzene rings is 1. The second-order valence-electron chi connectivity index (χ2n) is 3.65. The standard InChI is InChI=1S/C11H13FO2/c1-7(2)8-3-4-9-11(10(8)12)14-6-5-13-9/h3-4,7H,5-6H2,1-2H3. The molecule has 1 aromatic carbocycles. The van der Waals surface area contributed by atoms with E-state index in [1.165, 1.54) is 0 Å². The molecule has 0 N–H and O–H groups in total. The normalized spacial score (nSPS) is 14.6. The molecule has 14 heavy (non-hydrogen) atoms. The summed E-state index contributed by atoms with van der Waals surface area (Å²) in [5, 5.41) is 0. The molecule has 0 spiro atoms. The van der Waals surface area contributed by atoms with Crippen LogP contribution in [0.3, 0.4) is 0 Å². The summed E-state index contributed by atoms with van der Waals surface area (Å²) in [5.41, 5.74) is 0.675. The van der Waals surface area contributed by atoms with E-state index >= 15 is 0 Å². The lowest BCUT2D eigenvalue weighted by Gasteiger charge is -2.20. The van der Waals surface area contributed by atoms with Crippen molar-refractivity contribution in [2.75, 3.05) is 13.2 Å². The van der Waals surface area contributed by atoms with E-state index in [4.69, 9.17) is 9.47 Å². The fourth-order valence-electron chi connectivity index (χ4n) is 1.54. The van der Waals surface area contributed by atoms with Crippen molar-refractivity contribution in [3.8, 4) is 11.5 Å². The summed E-state index contributed by atoms with van der Waals surface area (Å²) in [5.74, 6) is 0.656. The van der Waals surface area contributed by atoms with Gasteiger partial charge < -0.3 is 9.47 Å². The molecule has 3 heteroatoms. The van der Waals surface area contributed by atoms with Crippen molar-refractivity contribution in [2.45, 2.75) is 19.8 Å². The smallest absolute Gasteiger partial charge is 0.197 e. The van der Waals surface area contributed by atoms with Crippen molar-refractivity contribution in [3.05, 3.63) is 23.5 Å². The van der Waals surface area contributed by atoms with E-state index in [0.717, 1.165) is 0 Å². The number of rotatable bonds is 1. The topological polar surface area (TPSA) is 18.5 Å². The molecule has 1 aromatic rings. The predicted octanol–water partition coefficient (Wildman–Crippen LogP) is 2.72. The van der Waals surface area contributed by atoms with Gasteiger partial charge in [0.05, 0.1) is 0 Å². The molecule has 0 bridgehead atoms. The largest absolute Gasteiger partial charge is 0.486 e. The Morgan fingerprint density at radius 3 is 2.64 bits per heavy atom. The fourth-order valence-corrected chi connectivity index (χ4v) is 1.54. The molecule has 0 saturated heterocycles. The molecule has 0 fully saturated rings. The summed E-state index contributed by atoms with van der Waals surface area (Å²) in [6.45, 7) is 4.82. The van der Waals surface area contributed by atoms with Gasteiger partial charge >= 0.3 is 0 Å². The molecule has 1 aliphatic heterocycles. The first kappa shape index (κ1) is 9.31. The van der Waals surface area contributed by atoms with Gasteiger partial charge in [-0.1, -0.05) is 19.9 Å². The Bertz CT molecular complexity index is 347. The van der Waals surface area contributed by atoms with Gasteiger partial charge in [0.15, 0.2) is 17.3 Å². The molecule has 0 saturated carbocycles. The minimum Gasteiger partial charge on any atom is -0.486 e. The van der Waals surface area contributed by atoms with E-state index in [1.54, 1.807) is 12.1 Å². The van der Waals surface area contributed by atoms with Crippen LogP contribution in [0.1, 0.15) is 25.3 Å². The van der Waals surface area contributed by atoms with Crippen LogP contribution in [0.4, 0.5) is 4.39 Å². The summed E-state index contributed by atoms with van der Waals surface area (Å²) < 4.78 is 24.3. The third-order valence-electron chi connectivity index (χ3n) is 2.30. The molecule has 76 valence electrons. The molecule has 1 heterocycles. The summed E-state index contributed by atoms with van der Waals surface area (Å²) in [6.07, 6.45) is 0. The lowest BCUT2D eigenvalue weighted by Crippen LogP contribution is -2.17. The quantitative estimate of drug-likeness (QED) is 0.687. The van der Waals surface area contributed by atoms with Gasteiger partial charge in [-0.05, 0) is 17.5 Å². The molecule has 0 radical (unpaired) electrons. The maximum absolute atomic E-state index is 13.8. The molecule has 0 amide bonds. The van der Waals surface area contributed by atoms with Gasteiger partial charge in [-0.15, -0.1) is 0 Å². The molecular formula is C11H13FO2. The first-order valence-electron chi connectivity index (χ1n) is 4.78. The molecule has 1 aliphatic rings. The lowest BCUT2D eigenvalue weighted by atomic mass is 10.0. The van der Waals surface area contributed by atoms with Crippen LogP contribution < -0.4 is 9.47 Å². The third kappa shape index (κ3) is 1.43. The van der Waals surface area contributed by atoms with E-state index < -0.39 is 0 Å². The summed E-state index contributed by atoms with van der Waals surface area (Å²) in [4.78, 5) is 0. The van der Waals surface area contributed by atoms with Gasteiger partial charge in [-0.2, -0.15) is 0 Å². The Kier molecular flexibility index (Phi) is 2.32. The molecule has 2 nitrogen and oxygen atoms in total. The molecular weight excluding hydrogens is 183 g/mol. The van der Waals surface area contributed by atoms with Crippen LogP contribution in [0.5, 0.6) is 11.5 Å². The minimum absolute atomic E-state index is 0.158. The zero-order valence-electron chi connectivity index (χ0n) is 8.34. The lowest BCUT2D eigenvalue weighted by molar-refractivity contribution is 0.164. The molecule has 2 rings (SSSR count). The van der Waals surface area contributed by atoms with Gasteiger partial charge in [-0.3, -0.25) is 0 Å². The second-order valence-corrected chi connectivity index (χ2v) is 3.65. The molecule has 0 aromatic heterocycles. The van der Waals surface area contributed by atoms with Crippen LogP contribution >= 0.6 is 0 Å². The Balaban J connectivity index is 2.49. The van der Waals surface area contributed by atoms with Gasteiger partial charge in [0, 0.05) is 0 Å². The van der Waals surface area contributed by atoms with Gasteiger partial charge in [0.25, 0.3) is 0 Å². The van der Waals surface area contributed by atoms with E-state index in [-0.39, 0.29) is 17.5 Å². The van der Waals surface area contributed by atoms with E-state index in [9.17, 15) is 4.39 Å². The van der Waals surface area contributed by atoms with Crippen LogP contribution in [0.25, 0.3) is 0 Å². The molecule has 0 unspecified atom stereocenters. The van der Waals surface area contributed by atoms with E-state index in [0.29, 0.717) is 24.5 Å². The Morgan fingerprint density at radius 2 is 1.93 bits per heavy atom. The van der Waals surface area contributed by atoms with E-state index in [2.05, 4.69) is 0 Å². The van der Waals surface area contributed by atoms with Crippen molar-refractivity contribution in [1.82, 2.24) is 0 Å². The third-order valence-corrected chi connectivity index (χ3v) is 2.30. The zero-order valence-corrected chi connectivity index (χ0v) is 8.34. The second kappa shape index (κ2) is 3.48. The monoisotopic (exact) mass is 196 g/mol. The number of hydrogen-bond donors (Lipinski definition) is 0. The fraction of sp³-hybridized carbons (Fsp3) is 0.455. The molecule has 0 aliphatic carbocycles. The van der Waals surface area contributed by atoms with E-state index in [1.807, 2.05) is 13.8 Å². The van der Waals surface area contributed by atoms with Crippen LogP contribution in [0, 0.1) is 5.82 Å². The Labute approximate surface area is 82.6 Å². The Morgan fingerprint density at radius 1 is 1.21 bits per heavy atom. The first-order chi connectivity index (χ1) is 6.70. The van der Waals surface area contributed by atoms with Crippen LogP contribution in [0.2, 0.25) is 0 Å². The number of hydrogen-bond acceptors (Lipinski definition) is 2. The number of ether oxygens (including phenoxy) is 2. The van der Waals surface area contributed by atoms with Crippen LogP contribution in [-0.4, -0.2) is 13.2 Å². The average molecular weight is 196 g/mol. The number of halogens is 1. The zero-order chi connectivity index (χ0) is 10.1. The van der Waals surface area contributed by atoms with Crippen molar-refractivity contribution in [1.29, 1.82) is 0 Å². The highest BCUT2D eigenvalue weighted by molar-refractivity contribution is 5.46. The van der Waals surface area contributed by atoms with Crippen LogP contribution in [0.15, 0.2) is 12.1 Å². The summed E-state index contributed by atoms with van der Waals surface area (Å²) in [6, 6.07) is 3.53. The highest BCUT2D eigenvalue weighted by Crippen LogP contribution is 2.36.